The standard InChI is InChI=1S/C29H22BrNO3S3/c1-33-25-14-18(15-26-28(32)31(29(35)37-26)21-10-6-11-22(16-21)36-2)13-24(30)27(25)34-17-20-9-5-8-19-7-3-4-12-23(19)20/h3-16H,17H2,1-2H3/b26-15+. The van der Waals surface area contributed by atoms with Gasteiger partial charge in [-0.05, 0) is 80.5 Å². The van der Waals surface area contributed by atoms with E-state index in [1.165, 1.54) is 17.1 Å². The Hall–Kier alpha value is -2.78. The number of benzene rings is 4. The molecule has 5 rings (SSSR count). The molecule has 37 heavy (non-hydrogen) atoms. The molecule has 0 saturated carbocycles. The van der Waals surface area contributed by atoms with Crippen LogP contribution < -0.4 is 14.4 Å². The predicted octanol–water partition coefficient (Wildman–Crippen LogP) is 8.32. The minimum absolute atomic E-state index is 0.139. The van der Waals surface area contributed by atoms with Gasteiger partial charge >= 0.3 is 0 Å². The summed E-state index contributed by atoms with van der Waals surface area (Å²) in [6, 6.07) is 26.0. The number of methoxy groups -OCH3 is 1. The van der Waals surface area contributed by atoms with Gasteiger partial charge in [-0.2, -0.15) is 0 Å². The zero-order valence-electron chi connectivity index (χ0n) is 20.1. The smallest absolute Gasteiger partial charge is 0.270 e. The molecule has 0 aromatic heterocycles. The lowest BCUT2D eigenvalue weighted by molar-refractivity contribution is -0.113. The predicted molar refractivity (Wildman–Crippen MR) is 163 cm³/mol. The molecule has 1 fully saturated rings. The number of nitrogens with zero attached hydrogens (tertiary/aromatic N) is 1. The highest BCUT2D eigenvalue weighted by molar-refractivity contribution is 9.10. The average Bonchev–Trinajstić information content (AvgIpc) is 3.19. The van der Waals surface area contributed by atoms with Gasteiger partial charge in [0.15, 0.2) is 15.8 Å². The van der Waals surface area contributed by atoms with E-state index < -0.39 is 0 Å². The van der Waals surface area contributed by atoms with Gasteiger partial charge in [-0.15, -0.1) is 11.8 Å². The first-order valence-electron chi connectivity index (χ1n) is 11.4. The van der Waals surface area contributed by atoms with Crippen molar-refractivity contribution in [3.8, 4) is 11.5 Å². The van der Waals surface area contributed by atoms with Crippen molar-refractivity contribution in [2.75, 3.05) is 18.3 Å². The van der Waals surface area contributed by atoms with Gasteiger partial charge in [0.05, 0.1) is 22.2 Å². The zero-order chi connectivity index (χ0) is 25.9. The number of ether oxygens (including phenoxy) is 2. The van der Waals surface area contributed by atoms with E-state index in [1.807, 2.05) is 66.9 Å². The Balaban J connectivity index is 1.40. The lowest BCUT2D eigenvalue weighted by atomic mass is 10.1. The number of anilines is 1. The van der Waals surface area contributed by atoms with E-state index in [9.17, 15) is 4.79 Å². The number of thioether (sulfide) groups is 2. The van der Waals surface area contributed by atoms with E-state index in [1.54, 1.807) is 23.8 Å². The number of fused-ring (bicyclic) bond motifs is 1. The summed E-state index contributed by atoms with van der Waals surface area (Å²) in [4.78, 5) is 16.5. The number of halogens is 1. The number of hydrogen-bond donors (Lipinski definition) is 0. The summed E-state index contributed by atoms with van der Waals surface area (Å²) >= 11 is 12.1. The molecule has 0 radical (unpaired) electrons. The second kappa shape index (κ2) is 11.3. The lowest BCUT2D eigenvalue weighted by Gasteiger charge is -2.15. The van der Waals surface area contributed by atoms with Gasteiger partial charge in [-0.3, -0.25) is 9.69 Å². The third kappa shape index (κ3) is 5.43. The van der Waals surface area contributed by atoms with Crippen LogP contribution in [-0.2, 0) is 11.4 Å². The maximum Gasteiger partial charge on any atom is 0.270 e. The Labute approximate surface area is 238 Å². The SMILES string of the molecule is COc1cc(/C=C2/SC(=S)N(c3cccc(SC)c3)C2=O)cc(Br)c1OCc1cccc2ccccc12. The van der Waals surface area contributed by atoms with Gasteiger partial charge in [-0.1, -0.05) is 72.5 Å². The Morgan fingerprint density at radius 1 is 1.05 bits per heavy atom. The van der Waals surface area contributed by atoms with E-state index >= 15 is 0 Å². The van der Waals surface area contributed by atoms with Gasteiger partial charge in [-0.25, -0.2) is 0 Å². The third-order valence-electron chi connectivity index (χ3n) is 5.91. The number of carbonyl (C=O) groups is 1. The molecule has 1 saturated heterocycles. The quantitative estimate of drug-likeness (QED) is 0.119. The first kappa shape index (κ1) is 25.9. The number of hydrogen-bond acceptors (Lipinski definition) is 6. The van der Waals surface area contributed by atoms with Crippen LogP contribution in [0.25, 0.3) is 16.8 Å². The van der Waals surface area contributed by atoms with E-state index in [4.69, 9.17) is 21.7 Å². The van der Waals surface area contributed by atoms with Gasteiger partial charge in [0.2, 0.25) is 0 Å². The topological polar surface area (TPSA) is 38.8 Å². The van der Waals surface area contributed by atoms with Gasteiger partial charge in [0, 0.05) is 4.90 Å². The van der Waals surface area contributed by atoms with Crippen LogP contribution in [0.1, 0.15) is 11.1 Å². The Bertz CT molecular complexity index is 1550. The highest BCUT2D eigenvalue weighted by atomic mass is 79.9. The molecule has 0 N–H and O–H groups in total. The van der Waals surface area contributed by atoms with Crippen LogP contribution in [-0.4, -0.2) is 23.6 Å². The molecule has 186 valence electrons. The molecule has 0 unspecified atom stereocenters. The molecule has 4 nitrogen and oxygen atoms in total. The monoisotopic (exact) mass is 607 g/mol. The van der Waals surface area contributed by atoms with Crippen molar-refractivity contribution in [2.45, 2.75) is 11.5 Å². The van der Waals surface area contributed by atoms with Crippen molar-refractivity contribution in [1.82, 2.24) is 0 Å². The number of amides is 1. The summed E-state index contributed by atoms with van der Waals surface area (Å²) in [5.41, 5.74) is 2.67. The van der Waals surface area contributed by atoms with Gasteiger partial charge < -0.3 is 9.47 Å². The Morgan fingerprint density at radius 2 is 1.84 bits per heavy atom. The van der Waals surface area contributed by atoms with Crippen LogP contribution in [0.4, 0.5) is 5.69 Å². The summed E-state index contributed by atoms with van der Waals surface area (Å²) in [6.45, 7) is 0.392. The van der Waals surface area contributed by atoms with Gasteiger partial charge in [0.1, 0.15) is 6.61 Å². The van der Waals surface area contributed by atoms with Crippen molar-refractivity contribution >= 4 is 84.4 Å². The summed E-state index contributed by atoms with van der Waals surface area (Å²) in [6.07, 6.45) is 3.84. The molecule has 8 heteroatoms. The minimum atomic E-state index is -0.139. The molecule has 1 heterocycles. The maximum absolute atomic E-state index is 13.3. The molecule has 4 aromatic carbocycles. The average molecular weight is 609 g/mol. The number of carbonyl (C=O) groups excluding carboxylic acids is 1. The zero-order valence-corrected chi connectivity index (χ0v) is 24.1. The van der Waals surface area contributed by atoms with Crippen molar-refractivity contribution in [1.29, 1.82) is 0 Å². The summed E-state index contributed by atoms with van der Waals surface area (Å²) in [7, 11) is 1.61. The Kier molecular flexibility index (Phi) is 7.90. The molecule has 1 aliphatic rings. The molecular weight excluding hydrogens is 586 g/mol. The number of thiocarbonyl (C=S) groups is 1. The van der Waals surface area contributed by atoms with Crippen molar-refractivity contribution in [2.24, 2.45) is 0 Å². The minimum Gasteiger partial charge on any atom is -0.493 e. The fourth-order valence-electron chi connectivity index (χ4n) is 4.12. The fourth-order valence-corrected chi connectivity index (χ4v) is 6.45. The molecular formula is C29H22BrNO3S3. The summed E-state index contributed by atoms with van der Waals surface area (Å²) in [5.74, 6) is 1.04. The largest absolute Gasteiger partial charge is 0.493 e. The molecule has 0 atom stereocenters. The molecule has 0 spiro atoms. The highest BCUT2D eigenvalue weighted by Crippen LogP contribution is 2.41. The summed E-state index contributed by atoms with van der Waals surface area (Å²) < 4.78 is 13.1. The van der Waals surface area contributed by atoms with Crippen LogP contribution in [0.15, 0.2) is 93.1 Å². The highest BCUT2D eigenvalue weighted by Gasteiger charge is 2.33. The molecule has 1 aliphatic heterocycles. The van der Waals surface area contributed by atoms with E-state index in [-0.39, 0.29) is 5.91 Å². The molecule has 0 aliphatic carbocycles. The van der Waals surface area contributed by atoms with Crippen molar-refractivity contribution in [3.63, 3.8) is 0 Å². The Morgan fingerprint density at radius 3 is 2.65 bits per heavy atom. The number of rotatable bonds is 7. The van der Waals surface area contributed by atoms with Crippen LogP contribution in [0.3, 0.4) is 0 Å². The molecule has 4 aromatic rings. The van der Waals surface area contributed by atoms with Crippen LogP contribution in [0, 0.1) is 0 Å². The van der Waals surface area contributed by atoms with Crippen LogP contribution in [0.5, 0.6) is 11.5 Å². The van der Waals surface area contributed by atoms with E-state index in [0.717, 1.165) is 31.6 Å². The third-order valence-corrected chi connectivity index (χ3v) is 8.52. The second-order valence-corrected chi connectivity index (χ2v) is 11.6. The van der Waals surface area contributed by atoms with Crippen molar-refractivity contribution < 1.29 is 14.3 Å². The van der Waals surface area contributed by atoms with E-state index in [2.05, 4.69) is 40.2 Å². The molecule has 1 amide bonds. The lowest BCUT2D eigenvalue weighted by Crippen LogP contribution is -2.27. The fraction of sp³-hybridized carbons (Fsp3) is 0.103. The first-order valence-corrected chi connectivity index (χ1v) is 14.6. The second-order valence-electron chi connectivity index (χ2n) is 8.18. The first-order chi connectivity index (χ1) is 18.0. The molecule has 0 bridgehead atoms. The normalized spacial score (nSPS) is 14.6. The van der Waals surface area contributed by atoms with Crippen LogP contribution >= 0.6 is 51.7 Å². The maximum atomic E-state index is 13.3. The van der Waals surface area contributed by atoms with E-state index in [0.29, 0.717) is 27.3 Å². The van der Waals surface area contributed by atoms with Gasteiger partial charge in [0.25, 0.3) is 5.91 Å². The van der Waals surface area contributed by atoms with Crippen molar-refractivity contribution in [3.05, 3.63) is 99.4 Å². The van der Waals surface area contributed by atoms with Crippen LogP contribution in [0.2, 0.25) is 0 Å². The summed E-state index contributed by atoms with van der Waals surface area (Å²) in [5, 5.41) is 2.32.